The molecule has 2 heterocycles. The smallest absolute Gasteiger partial charge is 0.242 e. The Balaban J connectivity index is 1.33. The van der Waals surface area contributed by atoms with E-state index in [1.807, 2.05) is 71.6 Å². The molecule has 2 amide bonds. The molecule has 0 unspecified atom stereocenters. The van der Waals surface area contributed by atoms with Crippen molar-refractivity contribution in [1.82, 2.24) is 20.0 Å². The molecule has 0 spiro atoms. The maximum Gasteiger partial charge on any atom is 0.242 e. The average molecular weight is 464 g/mol. The highest BCUT2D eigenvalue weighted by atomic mass is 35.5. The summed E-state index contributed by atoms with van der Waals surface area (Å²) in [5.41, 5.74) is 2.57. The first-order valence-corrected chi connectivity index (χ1v) is 11.3. The number of nitrogens with zero attached hydrogens (tertiary/aromatic N) is 5. The molecule has 1 saturated heterocycles. The molecule has 33 heavy (non-hydrogen) atoms. The fraction of sp³-hybridized carbons (Fsp3) is 0.280. The first kappa shape index (κ1) is 22.7. The van der Waals surface area contributed by atoms with Crippen molar-refractivity contribution in [1.29, 1.82) is 0 Å². The van der Waals surface area contributed by atoms with E-state index in [1.165, 1.54) is 6.92 Å². The summed E-state index contributed by atoms with van der Waals surface area (Å²) in [5.74, 6) is 0.619. The van der Waals surface area contributed by atoms with Gasteiger partial charge in [0.1, 0.15) is 6.54 Å². The van der Waals surface area contributed by atoms with Gasteiger partial charge in [0, 0.05) is 45.2 Å². The summed E-state index contributed by atoms with van der Waals surface area (Å²) in [6.07, 6.45) is 0. The van der Waals surface area contributed by atoms with Gasteiger partial charge in [0.25, 0.3) is 0 Å². The highest BCUT2D eigenvalue weighted by Crippen LogP contribution is 2.26. The molecule has 1 aliphatic heterocycles. The molecule has 8 heteroatoms. The number of rotatable bonds is 6. The van der Waals surface area contributed by atoms with Crippen molar-refractivity contribution in [3.63, 3.8) is 0 Å². The lowest BCUT2D eigenvalue weighted by Crippen LogP contribution is -2.51. The van der Waals surface area contributed by atoms with Gasteiger partial charge in [-0.25, -0.2) is 0 Å². The van der Waals surface area contributed by atoms with Crippen molar-refractivity contribution in [2.24, 2.45) is 0 Å². The van der Waals surface area contributed by atoms with Crippen molar-refractivity contribution in [3.8, 4) is 11.3 Å². The maximum atomic E-state index is 12.9. The molecule has 0 N–H and O–H groups in total. The van der Waals surface area contributed by atoms with E-state index in [0.29, 0.717) is 37.7 Å². The van der Waals surface area contributed by atoms with Crippen molar-refractivity contribution in [3.05, 3.63) is 77.3 Å². The van der Waals surface area contributed by atoms with Crippen molar-refractivity contribution in [2.45, 2.75) is 13.5 Å². The molecule has 0 aliphatic carbocycles. The Bertz CT molecular complexity index is 1100. The van der Waals surface area contributed by atoms with E-state index < -0.39 is 0 Å². The molecule has 0 radical (unpaired) electrons. The Labute approximate surface area is 198 Å². The molecule has 4 rings (SSSR count). The van der Waals surface area contributed by atoms with Crippen LogP contribution in [0.2, 0.25) is 5.02 Å². The van der Waals surface area contributed by atoms with Crippen LogP contribution in [0.1, 0.15) is 12.5 Å². The molecule has 0 saturated carbocycles. The van der Waals surface area contributed by atoms with Crippen LogP contribution in [0.5, 0.6) is 0 Å². The largest absolute Gasteiger partial charge is 0.352 e. The van der Waals surface area contributed by atoms with E-state index in [1.54, 1.807) is 4.90 Å². The van der Waals surface area contributed by atoms with Gasteiger partial charge in [0.05, 0.1) is 10.7 Å². The third kappa shape index (κ3) is 5.68. The molecule has 3 aromatic rings. The first-order valence-electron chi connectivity index (χ1n) is 10.9. The van der Waals surface area contributed by atoms with E-state index in [0.717, 1.165) is 22.6 Å². The Kier molecular flexibility index (Phi) is 7.19. The molecule has 1 fully saturated rings. The molecular formula is C25H26ClN5O2. The van der Waals surface area contributed by atoms with Crippen molar-refractivity contribution < 1.29 is 9.59 Å². The van der Waals surface area contributed by atoms with Crippen LogP contribution in [0.15, 0.2) is 66.7 Å². The number of carbonyl (C=O) groups excluding carboxylic acids is 2. The second kappa shape index (κ2) is 10.4. The lowest BCUT2D eigenvalue weighted by atomic mass is 10.1. The van der Waals surface area contributed by atoms with Crippen LogP contribution in [0, 0.1) is 0 Å². The van der Waals surface area contributed by atoms with Gasteiger partial charge in [-0.05, 0) is 23.8 Å². The average Bonchev–Trinajstić information content (AvgIpc) is 2.85. The normalized spacial score (nSPS) is 13.6. The molecular weight excluding hydrogens is 438 g/mol. The number of anilines is 1. The van der Waals surface area contributed by atoms with Gasteiger partial charge in [-0.15, -0.1) is 10.2 Å². The number of hydrogen-bond donors (Lipinski definition) is 0. The van der Waals surface area contributed by atoms with Crippen molar-refractivity contribution in [2.75, 3.05) is 37.6 Å². The summed E-state index contributed by atoms with van der Waals surface area (Å²) < 4.78 is 0. The van der Waals surface area contributed by atoms with Crippen LogP contribution < -0.4 is 4.90 Å². The van der Waals surface area contributed by atoms with Gasteiger partial charge in [0.15, 0.2) is 5.82 Å². The summed E-state index contributed by atoms with van der Waals surface area (Å²) >= 11 is 6.25. The molecule has 0 bridgehead atoms. The van der Waals surface area contributed by atoms with E-state index >= 15 is 0 Å². The SMILES string of the molecule is CC(=O)N(CC(=O)N1CCN(c2ccc(-c3ccccc3Cl)nn2)CC1)Cc1ccccc1. The molecule has 1 aromatic heterocycles. The van der Waals surface area contributed by atoms with Crippen molar-refractivity contribution >= 4 is 29.2 Å². The zero-order valence-corrected chi connectivity index (χ0v) is 19.3. The second-order valence-electron chi connectivity index (χ2n) is 7.99. The quantitative estimate of drug-likeness (QED) is 0.559. The fourth-order valence-corrected chi connectivity index (χ4v) is 4.07. The summed E-state index contributed by atoms with van der Waals surface area (Å²) in [6.45, 7) is 4.47. The third-order valence-corrected chi connectivity index (χ3v) is 6.07. The molecule has 7 nitrogen and oxygen atoms in total. The molecule has 1 aliphatic rings. The molecule has 2 aromatic carbocycles. The highest BCUT2D eigenvalue weighted by Gasteiger charge is 2.24. The Morgan fingerprint density at radius 3 is 2.24 bits per heavy atom. The van der Waals surface area contributed by atoms with Gasteiger partial charge in [-0.3, -0.25) is 9.59 Å². The summed E-state index contributed by atoms with van der Waals surface area (Å²) in [7, 11) is 0. The van der Waals surface area contributed by atoms with Crippen LogP contribution >= 0.6 is 11.6 Å². The summed E-state index contributed by atoms with van der Waals surface area (Å²) in [5, 5.41) is 9.34. The second-order valence-corrected chi connectivity index (χ2v) is 8.39. The number of benzene rings is 2. The Morgan fingerprint density at radius 1 is 0.909 bits per heavy atom. The highest BCUT2D eigenvalue weighted by molar-refractivity contribution is 6.33. The molecule has 170 valence electrons. The molecule has 0 atom stereocenters. The van der Waals surface area contributed by atoms with Crippen LogP contribution in [0.3, 0.4) is 0 Å². The van der Waals surface area contributed by atoms with Gasteiger partial charge in [-0.2, -0.15) is 0 Å². The minimum Gasteiger partial charge on any atom is -0.352 e. The topological polar surface area (TPSA) is 69.6 Å². The Hall–Kier alpha value is -3.45. The number of amides is 2. The fourth-order valence-electron chi connectivity index (χ4n) is 3.84. The maximum absolute atomic E-state index is 12.9. The standard InChI is InChI=1S/C25H26ClN5O2/c1-19(32)31(17-20-7-3-2-4-8-20)18-25(33)30-15-13-29(14-16-30)24-12-11-23(27-28-24)21-9-5-6-10-22(21)26/h2-12H,13-18H2,1H3. The zero-order valence-electron chi connectivity index (χ0n) is 18.5. The third-order valence-electron chi connectivity index (χ3n) is 5.74. The Morgan fingerprint density at radius 2 is 1.61 bits per heavy atom. The van der Waals surface area contributed by atoms with E-state index in [4.69, 9.17) is 11.6 Å². The van der Waals surface area contributed by atoms with Gasteiger partial charge in [0.2, 0.25) is 11.8 Å². The van der Waals surface area contributed by atoms with E-state index in [-0.39, 0.29) is 18.4 Å². The number of aromatic nitrogens is 2. The number of hydrogen-bond acceptors (Lipinski definition) is 5. The van der Waals surface area contributed by atoms with Crippen LogP contribution in [-0.2, 0) is 16.1 Å². The lowest BCUT2D eigenvalue weighted by molar-refractivity contribution is -0.140. The van der Waals surface area contributed by atoms with E-state index in [2.05, 4.69) is 15.1 Å². The number of halogens is 1. The minimum atomic E-state index is -0.111. The predicted octanol–water partition coefficient (Wildman–Crippen LogP) is 3.49. The number of piperazine rings is 1. The van der Waals surface area contributed by atoms with Crippen LogP contribution in [-0.4, -0.2) is 64.5 Å². The van der Waals surface area contributed by atoms with Gasteiger partial charge < -0.3 is 14.7 Å². The number of carbonyl (C=O) groups is 2. The monoisotopic (exact) mass is 463 g/mol. The predicted molar refractivity (Wildman–Crippen MR) is 129 cm³/mol. The first-order chi connectivity index (χ1) is 16.0. The van der Waals surface area contributed by atoms with Crippen LogP contribution in [0.25, 0.3) is 11.3 Å². The minimum absolute atomic E-state index is 0.0408. The van der Waals surface area contributed by atoms with Crippen LogP contribution in [0.4, 0.5) is 5.82 Å². The lowest BCUT2D eigenvalue weighted by Gasteiger charge is -2.36. The van der Waals surface area contributed by atoms with Gasteiger partial charge in [-0.1, -0.05) is 60.1 Å². The zero-order chi connectivity index (χ0) is 23.2. The summed E-state index contributed by atoms with van der Waals surface area (Å²) in [6, 6.07) is 21.1. The van der Waals surface area contributed by atoms with Gasteiger partial charge >= 0.3 is 0 Å². The summed E-state index contributed by atoms with van der Waals surface area (Å²) in [4.78, 5) is 30.4. The van der Waals surface area contributed by atoms with E-state index in [9.17, 15) is 9.59 Å².